The van der Waals surface area contributed by atoms with E-state index in [1.54, 1.807) is 38.1 Å². The highest BCUT2D eigenvalue weighted by atomic mass is 16.5. The first-order valence-corrected chi connectivity index (χ1v) is 10.9. The molecule has 172 valence electrons. The predicted octanol–water partition coefficient (Wildman–Crippen LogP) is 6.57. The molecular weight excluding hydrogens is 416 g/mol. The lowest BCUT2D eigenvalue weighted by molar-refractivity contribution is 0.0695. The topological polar surface area (TPSA) is 83.8 Å². The Hall–Kier alpha value is -3.60. The second-order valence-electron chi connectivity index (χ2n) is 9.57. The smallest absolute Gasteiger partial charge is 0.335 e. The summed E-state index contributed by atoms with van der Waals surface area (Å²) in [4.78, 5) is 23.8. The van der Waals surface area contributed by atoms with Gasteiger partial charge in [0, 0.05) is 12.0 Å². The lowest BCUT2D eigenvalue weighted by atomic mass is 9.87. The quantitative estimate of drug-likeness (QED) is 0.401. The number of aromatic hydroxyl groups is 1. The number of hydrogen-bond donors (Lipinski definition) is 2. The molecule has 0 heterocycles. The lowest BCUT2D eigenvalue weighted by Crippen LogP contribution is -2.13. The van der Waals surface area contributed by atoms with Gasteiger partial charge in [0.05, 0.1) is 11.1 Å². The van der Waals surface area contributed by atoms with Crippen LogP contribution in [0.25, 0.3) is 11.1 Å². The van der Waals surface area contributed by atoms with Crippen LogP contribution >= 0.6 is 0 Å². The first-order valence-electron chi connectivity index (χ1n) is 10.9. The van der Waals surface area contributed by atoms with Gasteiger partial charge in [-0.05, 0) is 65.8 Å². The van der Waals surface area contributed by atoms with E-state index in [9.17, 15) is 19.8 Å². The molecule has 0 amide bonds. The number of hydrogen-bond acceptors (Lipinski definition) is 4. The summed E-state index contributed by atoms with van der Waals surface area (Å²) in [5.74, 6) is -0.547. The van der Waals surface area contributed by atoms with Crippen LogP contribution in [-0.4, -0.2) is 22.0 Å². The van der Waals surface area contributed by atoms with Gasteiger partial charge >= 0.3 is 5.97 Å². The summed E-state index contributed by atoms with van der Waals surface area (Å²) < 4.78 is 5.96. The van der Waals surface area contributed by atoms with E-state index >= 15 is 0 Å². The number of Topliss-reactive ketones (excluding diaryl/α,β-unsaturated/α-hetero) is 1. The number of ketones is 1. The van der Waals surface area contributed by atoms with Crippen molar-refractivity contribution in [2.24, 2.45) is 5.41 Å². The molecule has 0 unspecified atom stereocenters. The second kappa shape index (κ2) is 9.49. The monoisotopic (exact) mass is 446 g/mol. The number of benzene rings is 3. The average molecular weight is 447 g/mol. The molecule has 0 saturated carbocycles. The van der Waals surface area contributed by atoms with Crippen LogP contribution in [0.5, 0.6) is 11.5 Å². The van der Waals surface area contributed by atoms with Crippen molar-refractivity contribution >= 4 is 11.8 Å². The summed E-state index contributed by atoms with van der Waals surface area (Å²) in [7, 11) is 0. The maximum Gasteiger partial charge on any atom is 0.335 e. The molecule has 3 aromatic carbocycles. The molecule has 0 aliphatic rings. The van der Waals surface area contributed by atoms with Gasteiger partial charge in [-0.3, -0.25) is 4.79 Å². The van der Waals surface area contributed by atoms with Gasteiger partial charge in [-0.25, -0.2) is 4.79 Å². The molecular formula is C28H30O5. The predicted molar refractivity (Wildman–Crippen MR) is 129 cm³/mol. The molecule has 2 N–H and O–H groups in total. The summed E-state index contributed by atoms with van der Waals surface area (Å²) in [5, 5.41) is 19.8. The zero-order valence-corrected chi connectivity index (χ0v) is 19.7. The van der Waals surface area contributed by atoms with Gasteiger partial charge in [0.25, 0.3) is 0 Å². The summed E-state index contributed by atoms with van der Waals surface area (Å²) in [6, 6.07) is 16.4. The standard InChI is InChI=1S/C28H30O5/c1-17-13-21(9-10-22(17)27(31)32)20-8-6-7-19(14-20)16-33-25-12-11-23(26(30)18(25)2)24(29)15-28(3,4)5/h6-14,30H,15-16H2,1-5H3,(H,31,32). The number of rotatable bonds is 7. The minimum Gasteiger partial charge on any atom is -0.507 e. The van der Waals surface area contributed by atoms with Crippen LogP contribution < -0.4 is 4.74 Å². The first-order chi connectivity index (χ1) is 15.5. The Balaban J connectivity index is 1.77. The molecule has 0 fully saturated rings. The van der Waals surface area contributed by atoms with Crippen LogP contribution in [0.15, 0.2) is 54.6 Å². The number of phenols is 1. The van der Waals surface area contributed by atoms with Gasteiger partial charge in [0.1, 0.15) is 18.1 Å². The molecule has 0 saturated heterocycles. The molecule has 0 radical (unpaired) electrons. The number of aryl methyl sites for hydroxylation is 1. The highest BCUT2D eigenvalue weighted by Gasteiger charge is 2.21. The van der Waals surface area contributed by atoms with E-state index in [0.29, 0.717) is 28.9 Å². The van der Waals surface area contributed by atoms with Gasteiger partial charge in [0.2, 0.25) is 0 Å². The Morgan fingerprint density at radius 3 is 2.21 bits per heavy atom. The fourth-order valence-electron chi connectivity index (χ4n) is 3.72. The third kappa shape index (κ3) is 5.80. The van der Waals surface area contributed by atoms with Crippen LogP contribution in [0.4, 0.5) is 0 Å². The SMILES string of the molecule is Cc1cc(-c2cccc(COc3ccc(C(=O)CC(C)(C)C)c(O)c3C)c2)ccc1C(=O)O. The Bertz CT molecular complexity index is 1200. The third-order valence-electron chi connectivity index (χ3n) is 5.48. The summed E-state index contributed by atoms with van der Waals surface area (Å²) in [5.41, 5.74) is 4.49. The van der Waals surface area contributed by atoms with Gasteiger partial charge in [-0.15, -0.1) is 0 Å². The highest BCUT2D eigenvalue weighted by molar-refractivity contribution is 5.99. The Kier molecular flexibility index (Phi) is 6.92. The molecule has 0 aromatic heterocycles. The zero-order chi connectivity index (χ0) is 24.3. The molecule has 0 aliphatic heterocycles. The summed E-state index contributed by atoms with van der Waals surface area (Å²) >= 11 is 0. The van der Waals surface area contributed by atoms with E-state index in [-0.39, 0.29) is 29.1 Å². The molecule has 5 nitrogen and oxygen atoms in total. The fourth-order valence-corrected chi connectivity index (χ4v) is 3.72. The van der Waals surface area contributed by atoms with Crippen LogP contribution in [0.2, 0.25) is 0 Å². The van der Waals surface area contributed by atoms with E-state index in [0.717, 1.165) is 16.7 Å². The Morgan fingerprint density at radius 1 is 0.909 bits per heavy atom. The maximum absolute atomic E-state index is 12.5. The molecule has 0 aliphatic carbocycles. The van der Waals surface area contributed by atoms with Crippen molar-refractivity contribution < 1.29 is 24.5 Å². The van der Waals surface area contributed by atoms with Crippen LogP contribution in [0.1, 0.15) is 64.6 Å². The molecule has 0 bridgehead atoms. The van der Waals surface area contributed by atoms with Crippen LogP contribution in [0.3, 0.4) is 0 Å². The van der Waals surface area contributed by atoms with E-state index in [2.05, 4.69) is 0 Å². The zero-order valence-electron chi connectivity index (χ0n) is 19.7. The fraction of sp³-hybridized carbons (Fsp3) is 0.286. The number of ether oxygens (including phenoxy) is 1. The van der Waals surface area contributed by atoms with Crippen molar-refractivity contribution in [2.75, 3.05) is 0 Å². The average Bonchev–Trinajstić information content (AvgIpc) is 2.73. The lowest BCUT2D eigenvalue weighted by Gasteiger charge is -2.18. The molecule has 0 atom stereocenters. The van der Waals surface area contributed by atoms with Crippen molar-refractivity contribution in [3.05, 3.63) is 82.4 Å². The van der Waals surface area contributed by atoms with Crippen molar-refractivity contribution in [1.29, 1.82) is 0 Å². The van der Waals surface area contributed by atoms with Crippen molar-refractivity contribution in [2.45, 2.75) is 47.6 Å². The molecule has 5 heteroatoms. The molecule has 33 heavy (non-hydrogen) atoms. The number of carbonyl (C=O) groups excluding carboxylic acids is 1. The number of aromatic carboxylic acids is 1. The van der Waals surface area contributed by atoms with E-state index in [1.807, 2.05) is 51.1 Å². The summed E-state index contributed by atoms with van der Waals surface area (Å²) in [6.45, 7) is 9.77. The number of phenolic OH excluding ortho intramolecular Hbond substituents is 1. The normalized spacial score (nSPS) is 11.3. The molecule has 3 rings (SSSR count). The minimum atomic E-state index is -0.939. The van der Waals surface area contributed by atoms with Gasteiger partial charge in [0.15, 0.2) is 5.78 Å². The maximum atomic E-state index is 12.5. The van der Waals surface area contributed by atoms with Crippen molar-refractivity contribution in [3.8, 4) is 22.6 Å². The number of carboxylic acid groups (broad SMARTS) is 1. The van der Waals surface area contributed by atoms with E-state index in [1.165, 1.54) is 0 Å². The van der Waals surface area contributed by atoms with Crippen LogP contribution in [0, 0.1) is 19.3 Å². The largest absolute Gasteiger partial charge is 0.507 e. The minimum absolute atomic E-state index is 0.0375. The Morgan fingerprint density at radius 2 is 1.58 bits per heavy atom. The number of carbonyl (C=O) groups is 2. The van der Waals surface area contributed by atoms with Crippen LogP contribution in [-0.2, 0) is 6.61 Å². The number of carboxylic acids is 1. The van der Waals surface area contributed by atoms with Crippen molar-refractivity contribution in [3.63, 3.8) is 0 Å². The molecule has 0 spiro atoms. The van der Waals surface area contributed by atoms with E-state index in [4.69, 9.17) is 4.74 Å². The third-order valence-corrected chi connectivity index (χ3v) is 5.48. The van der Waals surface area contributed by atoms with E-state index < -0.39 is 5.97 Å². The van der Waals surface area contributed by atoms with Crippen molar-refractivity contribution in [1.82, 2.24) is 0 Å². The van der Waals surface area contributed by atoms with Gasteiger partial charge in [-0.2, -0.15) is 0 Å². The summed E-state index contributed by atoms with van der Waals surface area (Å²) in [6.07, 6.45) is 0.347. The second-order valence-corrected chi connectivity index (χ2v) is 9.57. The Labute approximate surface area is 194 Å². The highest BCUT2D eigenvalue weighted by Crippen LogP contribution is 2.34. The van der Waals surface area contributed by atoms with Gasteiger partial charge < -0.3 is 14.9 Å². The molecule has 3 aromatic rings. The first kappa shape index (κ1) is 24.1. The van der Waals surface area contributed by atoms with Gasteiger partial charge in [-0.1, -0.05) is 51.1 Å².